The van der Waals surface area contributed by atoms with Crippen molar-refractivity contribution in [3.63, 3.8) is 0 Å². The predicted octanol–water partition coefficient (Wildman–Crippen LogP) is 3.71. The van der Waals surface area contributed by atoms with E-state index in [4.69, 9.17) is 0 Å². The largest absolute Gasteiger partial charge is 0.480 e. The summed E-state index contributed by atoms with van der Waals surface area (Å²) in [7, 11) is 0. The van der Waals surface area contributed by atoms with Gasteiger partial charge in [0.1, 0.15) is 5.54 Å². The van der Waals surface area contributed by atoms with Crippen LogP contribution in [0.2, 0.25) is 0 Å². The first-order valence-electron chi connectivity index (χ1n) is 7.16. The zero-order chi connectivity index (χ0) is 15.0. The summed E-state index contributed by atoms with van der Waals surface area (Å²) in [5, 5.41) is 12.5. The minimum absolute atomic E-state index is 0.654. The van der Waals surface area contributed by atoms with Crippen molar-refractivity contribution in [2.45, 2.75) is 50.5 Å². The Kier molecular flexibility index (Phi) is 7.10. The summed E-state index contributed by atoms with van der Waals surface area (Å²) >= 11 is 1.78. The SMILES string of the molecule is CCCNC(C)(CCCSc1ccc(C)cc1)C(=O)O. The van der Waals surface area contributed by atoms with Crippen LogP contribution in [-0.2, 0) is 4.79 Å². The molecule has 0 aliphatic heterocycles. The first-order valence-corrected chi connectivity index (χ1v) is 8.14. The zero-order valence-electron chi connectivity index (χ0n) is 12.6. The monoisotopic (exact) mass is 295 g/mol. The molecule has 0 bridgehead atoms. The highest BCUT2D eigenvalue weighted by atomic mass is 32.2. The fourth-order valence-corrected chi connectivity index (χ4v) is 2.77. The molecular formula is C16H25NO2S. The normalized spacial score (nSPS) is 13.9. The van der Waals surface area contributed by atoms with Crippen LogP contribution in [0.25, 0.3) is 0 Å². The molecule has 0 aromatic heterocycles. The summed E-state index contributed by atoms with van der Waals surface area (Å²) in [5.74, 6) is 0.186. The highest BCUT2D eigenvalue weighted by Crippen LogP contribution is 2.22. The summed E-state index contributed by atoms with van der Waals surface area (Å²) in [6, 6.07) is 8.44. The van der Waals surface area contributed by atoms with Gasteiger partial charge in [-0.25, -0.2) is 0 Å². The lowest BCUT2D eigenvalue weighted by atomic mass is 9.96. The smallest absolute Gasteiger partial charge is 0.323 e. The number of rotatable bonds is 9. The third-order valence-corrected chi connectivity index (χ3v) is 4.45. The third kappa shape index (κ3) is 5.55. The molecule has 4 heteroatoms. The van der Waals surface area contributed by atoms with E-state index in [2.05, 4.69) is 36.5 Å². The Balaban J connectivity index is 2.37. The van der Waals surface area contributed by atoms with Gasteiger partial charge in [-0.2, -0.15) is 0 Å². The minimum atomic E-state index is -0.802. The van der Waals surface area contributed by atoms with Crippen LogP contribution in [0.1, 0.15) is 38.7 Å². The Morgan fingerprint density at radius 3 is 2.55 bits per heavy atom. The van der Waals surface area contributed by atoms with E-state index in [1.807, 2.05) is 6.92 Å². The van der Waals surface area contributed by atoms with Crippen LogP contribution >= 0.6 is 11.8 Å². The number of aryl methyl sites for hydroxylation is 1. The molecule has 1 unspecified atom stereocenters. The van der Waals surface area contributed by atoms with Gasteiger partial charge < -0.3 is 10.4 Å². The van der Waals surface area contributed by atoms with Crippen LogP contribution in [0.4, 0.5) is 0 Å². The van der Waals surface area contributed by atoms with Crippen molar-refractivity contribution in [1.29, 1.82) is 0 Å². The van der Waals surface area contributed by atoms with Gasteiger partial charge in [0.2, 0.25) is 0 Å². The molecule has 1 aromatic carbocycles. The van der Waals surface area contributed by atoms with E-state index in [1.54, 1.807) is 18.7 Å². The van der Waals surface area contributed by atoms with E-state index in [0.29, 0.717) is 6.42 Å². The van der Waals surface area contributed by atoms with E-state index in [1.165, 1.54) is 10.5 Å². The second kappa shape index (κ2) is 8.32. The lowest BCUT2D eigenvalue weighted by Gasteiger charge is -2.26. The molecule has 0 saturated carbocycles. The van der Waals surface area contributed by atoms with Gasteiger partial charge >= 0.3 is 5.97 Å². The Morgan fingerprint density at radius 1 is 1.35 bits per heavy atom. The molecule has 1 atom stereocenters. The number of benzene rings is 1. The molecule has 2 N–H and O–H groups in total. The fourth-order valence-electron chi connectivity index (χ4n) is 1.92. The minimum Gasteiger partial charge on any atom is -0.480 e. The third-order valence-electron chi connectivity index (χ3n) is 3.35. The first-order chi connectivity index (χ1) is 9.48. The molecule has 0 aliphatic rings. The van der Waals surface area contributed by atoms with Gasteiger partial charge in [0.25, 0.3) is 0 Å². The van der Waals surface area contributed by atoms with Gasteiger partial charge in [-0.1, -0.05) is 24.6 Å². The number of carboxylic acids is 1. The molecule has 0 saturated heterocycles. The maximum atomic E-state index is 11.4. The van der Waals surface area contributed by atoms with E-state index >= 15 is 0 Å². The average molecular weight is 295 g/mol. The molecule has 1 rings (SSSR count). The fraction of sp³-hybridized carbons (Fsp3) is 0.562. The predicted molar refractivity (Wildman–Crippen MR) is 85.5 cm³/mol. The van der Waals surface area contributed by atoms with E-state index in [0.717, 1.165) is 25.1 Å². The molecule has 0 amide bonds. The molecule has 20 heavy (non-hydrogen) atoms. The van der Waals surface area contributed by atoms with Gasteiger partial charge in [-0.15, -0.1) is 11.8 Å². The zero-order valence-corrected chi connectivity index (χ0v) is 13.4. The Bertz CT molecular complexity index is 419. The van der Waals surface area contributed by atoms with Gasteiger partial charge in [0.15, 0.2) is 0 Å². The average Bonchev–Trinajstić information content (AvgIpc) is 2.43. The van der Waals surface area contributed by atoms with Crippen molar-refractivity contribution in [1.82, 2.24) is 5.32 Å². The molecule has 1 aromatic rings. The summed E-state index contributed by atoms with van der Waals surface area (Å²) in [5.41, 5.74) is 0.459. The van der Waals surface area contributed by atoms with Gasteiger partial charge in [0.05, 0.1) is 0 Å². The second-order valence-electron chi connectivity index (χ2n) is 5.33. The molecular weight excluding hydrogens is 270 g/mol. The Labute approximate surface area is 126 Å². The van der Waals surface area contributed by atoms with Crippen LogP contribution in [0.5, 0.6) is 0 Å². The van der Waals surface area contributed by atoms with Crippen LogP contribution in [0, 0.1) is 6.92 Å². The number of hydrogen-bond acceptors (Lipinski definition) is 3. The van der Waals surface area contributed by atoms with Gasteiger partial charge in [-0.3, -0.25) is 4.79 Å². The van der Waals surface area contributed by atoms with Crippen LogP contribution in [0.15, 0.2) is 29.2 Å². The van der Waals surface area contributed by atoms with Crippen molar-refractivity contribution >= 4 is 17.7 Å². The van der Waals surface area contributed by atoms with Crippen LogP contribution in [0.3, 0.4) is 0 Å². The summed E-state index contributed by atoms with van der Waals surface area (Å²) in [6.07, 6.45) is 2.49. The quantitative estimate of drug-likeness (QED) is 0.538. The lowest BCUT2D eigenvalue weighted by molar-refractivity contribution is -0.144. The lowest BCUT2D eigenvalue weighted by Crippen LogP contribution is -2.49. The maximum Gasteiger partial charge on any atom is 0.323 e. The van der Waals surface area contributed by atoms with Crippen molar-refractivity contribution in [3.8, 4) is 0 Å². The summed E-state index contributed by atoms with van der Waals surface area (Å²) < 4.78 is 0. The van der Waals surface area contributed by atoms with E-state index in [-0.39, 0.29) is 0 Å². The molecule has 0 radical (unpaired) electrons. The first kappa shape index (κ1) is 17.1. The second-order valence-corrected chi connectivity index (χ2v) is 6.50. The number of carbonyl (C=O) groups is 1. The molecule has 0 aliphatic carbocycles. The number of carboxylic acid groups (broad SMARTS) is 1. The molecule has 0 spiro atoms. The summed E-state index contributed by atoms with van der Waals surface area (Å²) in [6.45, 7) is 6.64. The molecule has 0 fully saturated rings. The van der Waals surface area contributed by atoms with Gasteiger partial charge in [-0.05, 0) is 57.5 Å². The van der Waals surface area contributed by atoms with Crippen molar-refractivity contribution in [2.75, 3.05) is 12.3 Å². The Hall–Kier alpha value is -1.00. The maximum absolute atomic E-state index is 11.4. The number of nitrogens with one attached hydrogen (secondary N) is 1. The van der Waals surface area contributed by atoms with Crippen molar-refractivity contribution < 1.29 is 9.90 Å². The van der Waals surface area contributed by atoms with E-state index in [9.17, 15) is 9.90 Å². The highest BCUT2D eigenvalue weighted by Gasteiger charge is 2.31. The number of hydrogen-bond donors (Lipinski definition) is 2. The standard InChI is InChI=1S/C16H25NO2S/c1-4-11-17-16(3,15(18)19)10-5-12-20-14-8-6-13(2)7-9-14/h6-9,17H,4-5,10-12H2,1-3H3,(H,18,19). The number of aliphatic carboxylic acids is 1. The topological polar surface area (TPSA) is 49.3 Å². The van der Waals surface area contributed by atoms with Crippen LogP contribution in [-0.4, -0.2) is 28.9 Å². The molecule has 112 valence electrons. The Morgan fingerprint density at radius 2 is 2.00 bits per heavy atom. The van der Waals surface area contributed by atoms with Crippen molar-refractivity contribution in [2.24, 2.45) is 0 Å². The highest BCUT2D eigenvalue weighted by molar-refractivity contribution is 7.99. The molecule has 3 nitrogen and oxygen atoms in total. The number of thioether (sulfide) groups is 1. The summed E-state index contributed by atoms with van der Waals surface area (Å²) in [4.78, 5) is 12.6. The van der Waals surface area contributed by atoms with Crippen LogP contribution < -0.4 is 5.32 Å². The molecule has 0 heterocycles. The van der Waals surface area contributed by atoms with E-state index < -0.39 is 11.5 Å². The van der Waals surface area contributed by atoms with Gasteiger partial charge in [0, 0.05) is 4.90 Å². The van der Waals surface area contributed by atoms with Crippen molar-refractivity contribution in [3.05, 3.63) is 29.8 Å².